The summed E-state index contributed by atoms with van der Waals surface area (Å²) in [6.07, 6.45) is 1.44. The lowest BCUT2D eigenvalue weighted by atomic mass is 10.2. The number of aryl methyl sites for hydroxylation is 1. The number of nitrogens with one attached hydrogen (secondary N) is 2. The highest BCUT2D eigenvalue weighted by molar-refractivity contribution is 6.39. The van der Waals surface area contributed by atoms with Gasteiger partial charge >= 0.3 is 11.8 Å². The molecule has 0 aliphatic heterocycles. The minimum absolute atomic E-state index is 0.360. The second-order valence-corrected chi connectivity index (χ2v) is 6.88. The van der Waals surface area contributed by atoms with Gasteiger partial charge in [-0.2, -0.15) is 5.10 Å². The van der Waals surface area contributed by atoms with Crippen molar-refractivity contribution in [3.05, 3.63) is 94.5 Å². The number of benzene rings is 3. The summed E-state index contributed by atoms with van der Waals surface area (Å²) in [6, 6.07) is 21.7. The Morgan fingerprint density at radius 2 is 1.67 bits per heavy atom. The molecule has 0 aromatic heterocycles. The average molecular weight is 422 g/mol. The zero-order valence-electron chi connectivity index (χ0n) is 16.3. The van der Waals surface area contributed by atoms with Crippen LogP contribution in [0.4, 0.5) is 5.69 Å². The number of nitrogens with zero attached hydrogens (tertiary/aromatic N) is 1. The number of anilines is 1. The zero-order valence-corrected chi connectivity index (χ0v) is 17.0. The van der Waals surface area contributed by atoms with Crippen LogP contribution in [0.15, 0.2) is 77.9 Å². The normalized spacial score (nSPS) is 10.6. The van der Waals surface area contributed by atoms with E-state index < -0.39 is 11.8 Å². The molecule has 2 amide bonds. The number of carbonyl (C=O) groups excluding carboxylic acids is 2. The van der Waals surface area contributed by atoms with Gasteiger partial charge in [0.05, 0.1) is 6.21 Å². The van der Waals surface area contributed by atoms with Crippen molar-refractivity contribution in [1.29, 1.82) is 0 Å². The van der Waals surface area contributed by atoms with Crippen LogP contribution in [0.2, 0.25) is 5.02 Å². The van der Waals surface area contributed by atoms with E-state index >= 15 is 0 Å². The van der Waals surface area contributed by atoms with Crippen molar-refractivity contribution < 1.29 is 14.3 Å². The van der Waals surface area contributed by atoms with Gasteiger partial charge < -0.3 is 10.1 Å². The van der Waals surface area contributed by atoms with Gasteiger partial charge in [-0.25, -0.2) is 5.43 Å². The molecule has 0 unspecified atom stereocenters. The van der Waals surface area contributed by atoms with Crippen molar-refractivity contribution >= 4 is 35.3 Å². The van der Waals surface area contributed by atoms with Crippen molar-refractivity contribution in [2.45, 2.75) is 13.5 Å². The number of amides is 2. The maximum absolute atomic E-state index is 11.9. The van der Waals surface area contributed by atoms with Crippen LogP contribution in [0.3, 0.4) is 0 Å². The van der Waals surface area contributed by atoms with Crippen LogP contribution in [-0.2, 0) is 16.2 Å². The topological polar surface area (TPSA) is 79.8 Å². The minimum atomic E-state index is -0.855. The molecule has 152 valence electrons. The lowest BCUT2D eigenvalue weighted by Gasteiger charge is -2.07. The Morgan fingerprint density at radius 3 is 2.37 bits per heavy atom. The number of hydrazone groups is 1. The molecule has 0 bridgehead atoms. The molecule has 30 heavy (non-hydrogen) atoms. The molecule has 3 aromatic rings. The first-order valence-electron chi connectivity index (χ1n) is 9.18. The Kier molecular flexibility index (Phi) is 7.19. The summed E-state index contributed by atoms with van der Waals surface area (Å²) in [5.74, 6) is -0.973. The maximum Gasteiger partial charge on any atom is 0.329 e. The van der Waals surface area contributed by atoms with E-state index in [4.69, 9.17) is 16.3 Å². The van der Waals surface area contributed by atoms with Gasteiger partial charge in [-0.05, 0) is 55.0 Å². The van der Waals surface area contributed by atoms with Gasteiger partial charge in [-0.1, -0.05) is 47.5 Å². The third-order valence-corrected chi connectivity index (χ3v) is 4.50. The predicted octanol–water partition coefficient (Wildman–Crippen LogP) is 4.32. The summed E-state index contributed by atoms with van der Waals surface area (Å²) in [6.45, 7) is 2.30. The molecular formula is C23H20ClN3O3. The van der Waals surface area contributed by atoms with E-state index in [1.54, 1.807) is 36.4 Å². The number of rotatable bonds is 6. The first-order valence-corrected chi connectivity index (χ1v) is 9.56. The zero-order chi connectivity index (χ0) is 21.3. The van der Waals surface area contributed by atoms with Gasteiger partial charge in [0, 0.05) is 16.3 Å². The molecule has 2 N–H and O–H groups in total. The van der Waals surface area contributed by atoms with Gasteiger partial charge in [0.25, 0.3) is 0 Å². The summed E-state index contributed by atoms with van der Waals surface area (Å²) in [4.78, 5) is 23.7. The number of halogens is 1. The molecule has 0 radical (unpaired) electrons. The molecule has 3 aromatic carbocycles. The second kappa shape index (κ2) is 10.2. The molecule has 0 spiro atoms. The fourth-order valence-electron chi connectivity index (χ4n) is 2.47. The standard InChI is InChI=1S/C23H20ClN3O3/c1-16-6-10-19(11-7-16)26-22(28)23(29)27-25-14-17-8-12-20(13-9-17)30-15-18-4-2-3-5-21(18)24/h2-14H,15H2,1H3,(H,26,28)(H,27,29)/b25-14-. The third-order valence-electron chi connectivity index (χ3n) is 4.13. The summed E-state index contributed by atoms with van der Waals surface area (Å²) < 4.78 is 5.71. The third kappa shape index (κ3) is 6.18. The van der Waals surface area contributed by atoms with Crippen LogP contribution in [-0.4, -0.2) is 18.0 Å². The number of hydrogen-bond acceptors (Lipinski definition) is 4. The fourth-order valence-corrected chi connectivity index (χ4v) is 2.66. The average Bonchev–Trinajstić information content (AvgIpc) is 2.75. The van der Waals surface area contributed by atoms with Crippen LogP contribution in [0.5, 0.6) is 5.75 Å². The van der Waals surface area contributed by atoms with Crippen molar-refractivity contribution in [1.82, 2.24) is 5.43 Å². The van der Waals surface area contributed by atoms with E-state index in [2.05, 4.69) is 15.8 Å². The molecule has 0 aliphatic rings. The van der Waals surface area contributed by atoms with E-state index in [0.29, 0.717) is 23.1 Å². The Labute approximate surface area is 179 Å². The first-order chi connectivity index (χ1) is 14.5. The molecule has 0 atom stereocenters. The molecule has 6 nitrogen and oxygen atoms in total. The molecular weight excluding hydrogens is 402 g/mol. The van der Waals surface area contributed by atoms with E-state index in [9.17, 15) is 9.59 Å². The number of hydrogen-bond donors (Lipinski definition) is 2. The minimum Gasteiger partial charge on any atom is -0.489 e. The van der Waals surface area contributed by atoms with Crippen molar-refractivity contribution in [2.75, 3.05) is 5.32 Å². The lowest BCUT2D eigenvalue weighted by molar-refractivity contribution is -0.136. The molecule has 0 saturated heterocycles. The van der Waals surface area contributed by atoms with E-state index in [1.807, 2.05) is 43.3 Å². The molecule has 0 saturated carbocycles. The lowest BCUT2D eigenvalue weighted by Crippen LogP contribution is -2.32. The largest absolute Gasteiger partial charge is 0.489 e. The smallest absolute Gasteiger partial charge is 0.329 e. The number of carbonyl (C=O) groups is 2. The Hall–Kier alpha value is -3.64. The van der Waals surface area contributed by atoms with E-state index in [-0.39, 0.29) is 0 Å². The Balaban J connectivity index is 1.47. The maximum atomic E-state index is 11.9. The van der Waals surface area contributed by atoms with Gasteiger partial charge in [-0.3, -0.25) is 9.59 Å². The highest BCUT2D eigenvalue weighted by atomic mass is 35.5. The summed E-state index contributed by atoms with van der Waals surface area (Å²) in [7, 11) is 0. The van der Waals surface area contributed by atoms with Crippen molar-refractivity contribution in [2.24, 2.45) is 5.10 Å². The van der Waals surface area contributed by atoms with Crippen molar-refractivity contribution in [3.63, 3.8) is 0 Å². The van der Waals surface area contributed by atoms with Gasteiger partial charge in [0.1, 0.15) is 12.4 Å². The molecule has 7 heteroatoms. The van der Waals surface area contributed by atoms with Crippen LogP contribution in [0.1, 0.15) is 16.7 Å². The van der Waals surface area contributed by atoms with Gasteiger partial charge in [-0.15, -0.1) is 0 Å². The van der Waals surface area contributed by atoms with Crippen LogP contribution in [0.25, 0.3) is 0 Å². The number of ether oxygens (including phenoxy) is 1. The Morgan fingerprint density at radius 1 is 0.967 bits per heavy atom. The van der Waals surface area contributed by atoms with Crippen LogP contribution < -0.4 is 15.5 Å². The Bertz CT molecular complexity index is 1050. The summed E-state index contributed by atoms with van der Waals surface area (Å²) in [5, 5.41) is 6.97. The molecule has 0 aliphatic carbocycles. The van der Waals surface area contributed by atoms with E-state index in [1.165, 1.54) is 6.21 Å². The van der Waals surface area contributed by atoms with Gasteiger partial charge in [0.2, 0.25) is 0 Å². The van der Waals surface area contributed by atoms with Crippen LogP contribution in [0, 0.1) is 6.92 Å². The molecule has 0 heterocycles. The summed E-state index contributed by atoms with van der Waals surface area (Å²) >= 11 is 6.11. The highest BCUT2D eigenvalue weighted by Crippen LogP contribution is 2.18. The van der Waals surface area contributed by atoms with Crippen LogP contribution >= 0.6 is 11.6 Å². The predicted molar refractivity (Wildman–Crippen MR) is 118 cm³/mol. The van der Waals surface area contributed by atoms with Gasteiger partial charge in [0.15, 0.2) is 0 Å². The van der Waals surface area contributed by atoms with E-state index in [0.717, 1.165) is 16.7 Å². The SMILES string of the molecule is Cc1ccc(NC(=O)C(=O)N/N=C\c2ccc(OCc3ccccc3Cl)cc2)cc1. The quantitative estimate of drug-likeness (QED) is 0.353. The molecule has 3 rings (SSSR count). The first kappa shape index (κ1) is 21.1. The second-order valence-electron chi connectivity index (χ2n) is 6.47. The summed E-state index contributed by atoms with van der Waals surface area (Å²) in [5.41, 5.74) is 5.43. The van der Waals surface area contributed by atoms with Crippen molar-refractivity contribution in [3.8, 4) is 5.75 Å². The monoisotopic (exact) mass is 421 g/mol. The molecule has 0 fully saturated rings. The highest BCUT2D eigenvalue weighted by Gasteiger charge is 2.12. The fraction of sp³-hybridized carbons (Fsp3) is 0.0870.